The van der Waals surface area contributed by atoms with E-state index in [0.29, 0.717) is 21.8 Å². The third-order valence-electron chi connectivity index (χ3n) is 2.98. The first-order valence-electron chi connectivity index (χ1n) is 6.61. The van der Waals surface area contributed by atoms with Crippen LogP contribution in [0.1, 0.15) is 19.9 Å². The van der Waals surface area contributed by atoms with Gasteiger partial charge in [-0.25, -0.2) is 13.4 Å². The van der Waals surface area contributed by atoms with Gasteiger partial charge in [0, 0.05) is 18.1 Å². The molecule has 0 saturated carbocycles. The molecule has 1 aromatic carbocycles. The van der Waals surface area contributed by atoms with Crippen molar-refractivity contribution in [3.05, 3.63) is 34.6 Å². The summed E-state index contributed by atoms with van der Waals surface area (Å²) in [6.45, 7) is 3.83. The van der Waals surface area contributed by atoms with E-state index in [9.17, 15) is 13.2 Å². The van der Waals surface area contributed by atoms with Gasteiger partial charge in [-0.3, -0.25) is 9.36 Å². The lowest BCUT2D eigenvalue weighted by molar-refractivity contribution is 0.519. The Hall–Kier alpha value is -1.34. The van der Waals surface area contributed by atoms with Gasteiger partial charge < -0.3 is 0 Å². The standard InChI is InChI=1S/C14H18N2O3S2/c1-10(2)16-13(17)11-6-4-5-7-12(11)15-14(16)20-8-9-21(3,18)19/h4-7,10H,8-9H2,1-3H3. The van der Waals surface area contributed by atoms with Crippen molar-refractivity contribution in [1.29, 1.82) is 0 Å². The minimum atomic E-state index is -3.02. The molecule has 0 unspecified atom stereocenters. The number of fused-ring (bicyclic) bond motifs is 1. The summed E-state index contributed by atoms with van der Waals surface area (Å²) >= 11 is 1.30. The van der Waals surface area contributed by atoms with Gasteiger partial charge in [-0.1, -0.05) is 23.9 Å². The second kappa shape index (κ2) is 6.19. The molecule has 0 aliphatic heterocycles. The number of para-hydroxylation sites is 1. The van der Waals surface area contributed by atoms with Crippen LogP contribution >= 0.6 is 11.8 Å². The molecular formula is C14H18N2O3S2. The lowest BCUT2D eigenvalue weighted by Gasteiger charge is -2.15. The highest BCUT2D eigenvalue weighted by molar-refractivity contribution is 8.00. The molecule has 0 saturated heterocycles. The first-order valence-corrected chi connectivity index (χ1v) is 9.66. The van der Waals surface area contributed by atoms with E-state index in [1.165, 1.54) is 18.0 Å². The van der Waals surface area contributed by atoms with Crippen LogP contribution in [0.15, 0.2) is 34.2 Å². The van der Waals surface area contributed by atoms with E-state index in [-0.39, 0.29) is 17.4 Å². The van der Waals surface area contributed by atoms with Crippen LogP contribution in [0.5, 0.6) is 0 Å². The minimum absolute atomic E-state index is 0.0321. The van der Waals surface area contributed by atoms with Gasteiger partial charge in [0.1, 0.15) is 9.84 Å². The van der Waals surface area contributed by atoms with Crippen molar-refractivity contribution in [3.63, 3.8) is 0 Å². The molecule has 0 bridgehead atoms. The average molecular weight is 326 g/mol. The quantitative estimate of drug-likeness (QED) is 0.622. The Kier molecular flexibility index (Phi) is 4.73. The maximum absolute atomic E-state index is 12.5. The van der Waals surface area contributed by atoms with Crippen molar-refractivity contribution in [3.8, 4) is 0 Å². The van der Waals surface area contributed by atoms with Gasteiger partial charge in [0.25, 0.3) is 5.56 Å². The van der Waals surface area contributed by atoms with Crippen LogP contribution in [0.4, 0.5) is 0 Å². The molecule has 0 aliphatic carbocycles. The molecule has 0 aliphatic rings. The number of benzene rings is 1. The molecule has 0 N–H and O–H groups in total. The van der Waals surface area contributed by atoms with E-state index in [1.807, 2.05) is 26.0 Å². The summed E-state index contributed by atoms with van der Waals surface area (Å²) in [6, 6.07) is 7.16. The summed E-state index contributed by atoms with van der Waals surface area (Å²) < 4.78 is 24.1. The number of thioether (sulfide) groups is 1. The van der Waals surface area contributed by atoms with Gasteiger partial charge in [0.05, 0.1) is 16.7 Å². The Morgan fingerprint density at radius 2 is 1.95 bits per heavy atom. The number of rotatable bonds is 5. The second-order valence-electron chi connectivity index (χ2n) is 5.16. The van der Waals surface area contributed by atoms with E-state index in [0.717, 1.165) is 0 Å². The first-order chi connectivity index (χ1) is 9.79. The Bertz CT molecular complexity index is 811. The zero-order valence-corrected chi connectivity index (χ0v) is 13.9. The van der Waals surface area contributed by atoms with E-state index >= 15 is 0 Å². The molecule has 2 rings (SSSR count). The zero-order valence-electron chi connectivity index (χ0n) is 12.2. The fraction of sp³-hybridized carbons (Fsp3) is 0.429. The molecule has 0 atom stereocenters. The molecule has 0 radical (unpaired) electrons. The van der Waals surface area contributed by atoms with Crippen LogP contribution < -0.4 is 5.56 Å². The summed E-state index contributed by atoms with van der Waals surface area (Å²) in [4.78, 5) is 17.1. The zero-order chi connectivity index (χ0) is 15.6. The maximum atomic E-state index is 12.5. The minimum Gasteiger partial charge on any atom is -0.285 e. The largest absolute Gasteiger partial charge is 0.285 e. The van der Waals surface area contributed by atoms with Gasteiger partial charge in [-0.15, -0.1) is 0 Å². The third kappa shape index (κ3) is 3.85. The fourth-order valence-electron chi connectivity index (χ4n) is 1.97. The Morgan fingerprint density at radius 1 is 1.29 bits per heavy atom. The second-order valence-corrected chi connectivity index (χ2v) is 8.48. The summed E-state index contributed by atoms with van der Waals surface area (Å²) in [5.41, 5.74) is 0.554. The topological polar surface area (TPSA) is 69.0 Å². The fourth-order valence-corrected chi connectivity index (χ4v) is 4.29. The Morgan fingerprint density at radius 3 is 2.57 bits per heavy atom. The van der Waals surface area contributed by atoms with Crippen LogP contribution in [0, 0.1) is 0 Å². The molecule has 0 amide bonds. The SMILES string of the molecule is CC(C)n1c(SCCS(C)(=O)=O)nc2ccccc2c1=O. The van der Waals surface area contributed by atoms with Gasteiger partial charge in [0.2, 0.25) is 0 Å². The number of sulfone groups is 1. The molecular weight excluding hydrogens is 308 g/mol. The molecule has 1 heterocycles. The van der Waals surface area contributed by atoms with Crippen LogP contribution in [0.3, 0.4) is 0 Å². The van der Waals surface area contributed by atoms with E-state index in [2.05, 4.69) is 4.98 Å². The summed E-state index contributed by atoms with van der Waals surface area (Å²) in [7, 11) is -3.02. The van der Waals surface area contributed by atoms with Gasteiger partial charge >= 0.3 is 0 Å². The molecule has 0 spiro atoms. The van der Waals surface area contributed by atoms with E-state index in [1.54, 1.807) is 16.7 Å². The third-order valence-corrected chi connectivity index (χ3v) is 5.14. The van der Waals surface area contributed by atoms with Crippen LogP contribution in [0.25, 0.3) is 10.9 Å². The number of aromatic nitrogens is 2. The highest BCUT2D eigenvalue weighted by Crippen LogP contribution is 2.20. The molecule has 7 heteroatoms. The first kappa shape index (κ1) is 16.0. The predicted octanol–water partition coefficient (Wildman–Crippen LogP) is 2.11. The van der Waals surface area contributed by atoms with Crippen LogP contribution in [-0.4, -0.2) is 35.7 Å². The monoisotopic (exact) mass is 326 g/mol. The van der Waals surface area contributed by atoms with Gasteiger partial charge in [-0.05, 0) is 26.0 Å². The lowest BCUT2D eigenvalue weighted by atomic mass is 10.2. The Labute approximate surface area is 128 Å². The van der Waals surface area contributed by atoms with Gasteiger partial charge in [-0.2, -0.15) is 0 Å². The highest BCUT2D eigenvalue weighted by Gasteiger charge is 2.14. The molecule has 0 fully saturated rings. The molecule has 114 valence electrons. The summed E-state index contributed by atoms with van der Waals surface area (Å²) in [5, 5.41) is 1.15. The summed E-state index contributed by atoms with van der Waals surface area (Å²) in [6.07, 6.45) is 1.21. The predicted molar refractivity (Wildman–Crippen MR) is 86.8 cm³/mol. The van der Waals surface area contributed by atoms with Crippen LogP contribution in [-0.2, 0) is 9.84 Å². The smallest absolute Gasteiger partial charge is 0.262 e. The Balaban J connectivity index is 2.46. The van der Waals surface area contributed by atoms with Crippen LogP contribution in [0.2, 0.25) is 0 Å². The van der Waals surface area contributed by atoms with E-state index in [4.69, 9.17) is 0 Å². The van der Waals surface area contributed by atoms with Crippen molar-refractivity contribution in [1.82, 2.24) is 9.55 Å². The van der Waals surface area contributed by atoms with Gasteiger partial charge in [0.15, 0.2) is 5.16 Å². The van der Waals surface area contributed by atoms with Crippen molar-refractivity contribution >= 4 is 32.5 Å². The lowest BCUT2D eigenvalue weighted by Crippen LogP contribution is -2.25. The van der Waals surface area contributed by atoms with Crippen molar-refractivity contribution in [2.45, 2.75) is 25.0 Å². The van der Waals surface area contributed by atoms with Crippen molar-refractivity contribution in [2.24, 2.45) is 0 Å². The number of nitrogens with zero attached hydrogens (tertiary/aromatic N) is 2. The van der Waals surface area contributed by atoms with Crippen molar-refractivity contribution < 1.29 is 8.42 Å². The molecule has 5 nitrogen and oxygen atoms in total. The van der Waals surface area contributed by atoms with E-state index < -0.39 is 9.84 Å². The highest BCUT2D eigenvalue weighted by atomic mass is 32.2. The number of hydrogen-bond acceptors (Lipinski definition) is 5. The molecule has 21 heavy (non-hydrogen) atoms. The average Bonchev–Trinajstić information content (AvgIpc) is 2.37. The normalized spacial score (nSPS) is 12.2. The summed E-state index contributed by atoms with van der Waals surface area (Å²) in [5.74, 6) is 0.453. The van der Waals surface area contributed by atoms with Crippen molar-refractivity contribution in [2.75, 3.05) is 17.8 Å². The number of hydrogen-bond donors (Lipinski definition) is 0. The molecule has 1 aromatic heterocycles. The maximum Gasteiger partial charge on any atom is 0.262 e. The molecule has 2 aromatic rings.